The summed E-state index contributed by atoms with van der Waals surface area (Å²) in [6, 6.07) is 4.87. The third-order valence-electron chi connectivity index (χ3n) is 3.06. The maximum Gasteiger partial charge on any atom is 0.416 e. The average Bonchev–Trinajstić information content (AvgIpc) is 2.69. The molecule has 4 nitrogen and oxygen atoms in total. The maximum atomic E-state index is 12.6. The van der Waals surface area contributed by atoms with E-state index >= 15 is 0 Å². The minimum Gasteiger partial charge on any atom is -0.388 e. The number of anilines is 1. The molecule has 0 saturated carbocycles. The molecule has 0 radical (unpaired) electrons. The van der Waals surface area contributed by atoms with Gasteiger partial charge in [0.05, 0.1) is 17.9 Å². The second-order valence-electron chi connectivity index (χ2n) is 4.53. The molecule has 1 aromatic heterocycles. The van der Waals surface area contributed by atoms with Gasteiger partial charge in [0.25, 0.3) is 0 Å². The summed E-state index contributed by atoms with van der Waals surface area (Å²) in [4.78, 5) is 0. The highest BCUT2D eigenvalue weighted by Gasteiger charge is 2.30. The molecule has 108 valence electrons. The smallest absolute Gasteiger partial charge is 0.388 e. The Hall–Kier alpha value is -2.02. The Labute approximate surface area is 113 Å². The summed E-state index contributed by atoms with van der Waals surface area (Å²) in [6.07, 6.45) is -3.94. The van der Waals surface area contributed by atoms with Crippen LogP contribution in [0.2, 0.25) is 0 Å². The van der Waals surface area contributed by atoms with Crippen molar-refractivity contribution in [2.45, 2.75) is 18.7 Å². The Kier molecular flexibility index (Phi) is 3.71. The highest BCUT2D eigenvalue weighted by molar-refractivity contribution is 5.41. The summed E-state index contributed by atoms with van der Waals surface area (Å²) < 4.78 is 39.2. The quantitative estimate of drug-likeness (QED) is 0.909. The van der Waals surface area contributed by atoms with Crippen molar-refractivity contribution in [1.29, 1.82) is 0 Å². The molecule has 0 fully saturated rings. The van der Waals surface area contributed by atoms with Crippen LogP contribution in [-0.4, -0.2) is 14.9 Å². The average molecular weight is 285 g/mol. The van der Waals surface area contributed by atoms with Crippen LogP contribution in [-0.2, 0) is 19.6 Å². The molecule has 1 aromatic carbocycles. The van der Waals surface area contributed by atoms with Crippen LogP contribution in [0.1, 0.15) is 22.8 Å². The Balaban J connectivity index is 2.20. The number of halogens is 3. The van der Waals surface area contributed by atoms with E-state index in [0.29, 0.717) is 16.9 Å². The number of nitrogens with zero attached hydrogens (tertiary/aromatic N) is 2. The van der Waals surface area contributed by atoms with Crippen molar-refractivity contribution in [2.24, 2.45) is 7.05 Å². The van der Waals surface area contributed by atoms with Gasteiger partial charge >= 0.3 is 6.18 Å². The van der Waals surface area contributed by atoms with Crippen molar-refractivity contribution < 1.29 is 18.3 Å². The molecule has 0 aliphatic heterocycles. The lowest BCUT2D eigenvalue weighted by atomic mass is 10.0. The van der Waals surface area contributed by atoms with Crippen LogP contribution in [0.25, 0.3) is 0 Å². The number of hydrogen-bond acceptors (Lipinski definition) is 3. The number of aromatic nitrogens is 2. The summed E-state index contributed by atoms with van der Waals surface area (Å²) in [6.45, 7) is 0. The monoisotopic (exact) mass is 285 g/mol. The van der Waals surface area contributed by atoms with Gasteiger partial charge in [-0.2, -0.15) is 18.3 Å². The number of alkyl halides is 3. The zero-order chi connectivity index (χ0) is 14.9. The number of aliphatic hydroxyl groups is 1. The minimum absolute atomic E-state index is 0.0415. The zero-order valence-electron chi connectivity index (χ0n) is 10.7. The second kappa shape index (κ2) is 5.16. The molecular weight excluding hydrogens is 271 g/mol. The number of hydrogen-bond donors (Lipinski definition) is 2. The molecule has 3 N–H and O–H groups in total. The topological polar surface area (TPSA) is 64.1 Å². The van der Waals surface area contributed by atoms with Gasteiger partial charge in [-0.25, -0.2) is 0 Å². The first-order valence-electron chi connectivity index (χ1n) is 5.90. The lowest BCUT2D eigenvalue weighted by Crippen LogP contribution is -2.08. The molecule has 1 atom stereocenters. The van der Waals surface area contributed by atoms with Crippen molar-refractivity contribution in [1.82, 2.24) is 9.78 Å². The molecule has 0 spiro atoms. The van der Waals surface area contributed by atoms with Crippen LogP contribution >= 0.6 is 0 Å². The van der Waals surface area contributed by atoms with Gasteiger partial charge in [0.15, 0.2) is 0 Å². The number of aryl methyl sites for hydroxylation is 1. The van der Waals surface area contributed by atoms with Crippen LogP contribution in [0.15, 0.2) is 30.5 Å². The molecule has 7 heteroatoms. The highest BCUT2D eigenvalue weighted by atomic mass is 19.4. The number of rotatable bonds is 3. The van der Waals surface area contributed by atoms with Gasteiger partial charge < -0.3 is 10.8 Å². The summed E-state index contributed by atoms with van der Waals surface area (Å²) in [7, 11) is 1.62. The third-order valence-corrected chi connectivity index (χ3v) is 3.06. The summed E-state index contributed by atoms with van der Waals surface area (Å²) in [5.41, 5.74) is 5.77. The van der Waals surface area contributed by atoms with E-state index in [9.17, 15) is 18.3 Å². The highest BCUT2D eigenvalue weighted by Crippen LogP contribution is 2.31. The number of nitrogens with two attached hydrogens (primary N) is 1. The fourth-order valence-electron chi connectivity index (χ4n) is 1.93. The summed E-state index contributed by atoms with van der Waals surface area (Å²) >= 11 is 0. The predicted molar refractivity (Wildman–Crippen MR) is 67.7 cm³/mol. The molecule has 20 heavy (non-hydrogen) atoms. The van der Waals surface area contributed by atoms with Crippen LogP contribution in [0.4, 0.5) is 19.0 Å². The molecule has 2 rings (SSSR count). The normalized spacial score (nSPS) is 13.4. The number of nitrogen functional groups attached to an aromatic ring is 1. The van der Waals surface area contributed by atoms with E-state index in [0.717, 1.165) is 12.1 Å². The van der Waals surface area contributed by atoms with Crippen LogP contribution < -0.4 is 5.73 Å². The SMILES string of the molecule is Cn1ncc(C(O)Cc2cccc(C(F)(F)F)c2)c1N. The van der Waals surface area contributed by atoms with E-state index in [1.165, 1.54) is 23.0 Å². The van der Waals surface area contributed by atoms with E-state index in [1.807, 2.05) is 0 Å². The molecule has 0 aliphatic rings. The van der Waals surface area contributed by atoms with Gasteiger partial charge in [0.1, 0.15) is 5.82 Å². The van der Waals surface area contributed by atoms with Crippen molar-refractivity contribution in [3.8, 4) is 0 Å². The Bertz CT molecular complexity index is 607. The molecule has 1 unspecified atom stereocenters. The van der Waals surface area contributed by atoms with Gasteiger partial charge in [-0.15, -0.1) is 0 Å². The Morgan fingerprint density at radius 1 is 1.40 bits per heavy atom. The molecule has 1 heterocycles. The van der Waals surface area contributed by atoms with Crippen molar-refractivity contribution in [3.63, 3.8) is 0 Å². The molecule has 0 amide bonds. The first-order valence-corrected chi connectivity index (χ1v) is 5.90. The van der Waals surface area contributed by atoms with E-state index in [1.54, 1.807) is 7.05 Å². The Morgan fingerprint density at radius 2 is 2.10 bits per heavy atom. The number of benzene rings is 1. The van der Waals surface area contributed by atoms with E-state index in [2.05, 4.69) is 5.10 Å². The lowest BCUT2D eigenvalue weighted by molar-refractivity contribution is -0.137. The van der Waals surface area contributed by atoms with Gasteiger partial charge in [0.2, 0.25) is 0 Å². The predicted octanol–water partition coefficient (Wildman–Crippen LogP) is 2.30. The van der Waals surface area contributed by atoms with Crippen molar-refractivity contribution in [2.75, 3.05) is 5.73 Å². The van der Waals surface area contributed by atoms with Crippen LogP contribution in [0, 0.1) is 0 Å². The molecule has 0 aliphatic carbocycles. The van der Waals surface area contributed by atoms with Crippen molar-refractivity contribution >= 4 is 5.82 Å². The summed E-state index contributed by atoms with van der Waals surface area (Å²) in [5, 5.41) is 13.9. The van der Waals surface area contributed by atoms with Gasteiger partial charge in [-0.1, -0.05) is 18.2 Å². The second-order valence-corrected chi connectivity index (χ2v) is 4.53. The fourth-order valence-corrected chi connectivity index (χ4v) is 1.93. The molecule has 0 bridgehead atoms. The number of aliphatic hydroxyl groups excluding tert-OH is 1. The summed E-state index contributed by atoms with van der Waals surface area (Å²) in [5.74, 6) is 0.296. The van der Waals surface area contributed by atoms with Gasteiger partial charge in [0, 0.05) is 19.0 Å². The first-order chi connectivity index (χ1) is 9.29. The fraction of sp³-hybridized carbons (Fsp3) is 0.308. The van der Waals surface area contributed by atoms with E-state index < -0.39 is 17.8 Å². The molecular formula is C13H14F3N3O. The standard InChI is InChI=1S/C13H14F3N3O/c1-19-12(17)10(7-18-19)11(20)6-8-3-2-4-9(5-8)13(14,15)16/h2-5,7,11,20H,6,17H2,1H3. The largest absolute Gasteiger partial charge is 0.416 e. The minimum atomic E-state index is -4.39. The van der Waals surface area contributed by atoms with Crippen LogP contribution in [0.3, 0.4) is 0 Å². The van der Waals surface area contributed by atoms with E-state index in [-0.39, 0.29) is 6.42 Å². The maximum absolute atomic E-state index is 12.6. The van der Waals surface area contributed by atoms with Crippen molar-refractivity contribution in [3.05, 3.63) is 47.2 Å². The van der Waals surface area contributed by atoms with Gasteiger partial charge in [-0.3, -0.25) is 4.68 Å². The van der Waals surface area contributed by atoms with Crippen LogP contribution in [0.5, 0.6) is 0 Å². The zero-order valence-corrected chi connectivity index (χ0v) is 10.7. The third kappa shape index (κ3) is 2.93. The molecule has 2 aromatic rings. The Morgan fingerprint density at radius 3 is 2.65 bits per heavy atom. The van der Waals surface area contributed by atoms with E-state index in [4.69, 9.17) is 5.73 Å². The van der Waals surface area contributed by atoms with Gasteiger partial charge in [-0.05, 0) is 11.6 Å². The molecule has 0 saturated heterocycles. The first kappa shape index (κ1) is 14.4. The lowest BCUT2D eigenvalue weighted by Gasteiger charge is -2.12.